The van der Waals surface area contributed by atoms with Crippen LogP contribution in [-0.2, 0) is 4.57 Å². The summed E-state index contributed by atoms with van der Waals surface area (Å²) in [7, 11) is -2.78. The first-order valence-corrected chi connectivity index (χ1v) is 10.6. The van der Waals surface area contributed by atoms with Crippen LogP contribution >= 0.6 is 30.3 Å². The minimum absolute atomic E-state index is 0.0800. The SMILES string of the molecule is Cc1nc2cc(F)c(-c3ccc(P(C)(C)=O)c(F)c3)nc2c(Cl)c1Cl. The van der Waals surface area contributed by atoms with Crippen LogP contribution in [0.3, 0.4) is 0 Å². The third-order valence-corrected chi connectivity index (χ3v) is 6.21. The van der Waals surface area contributed by atoms with E-state index < -0.39 is 18.8 Å². The van der Waals surface area contributed by atoms with Crippen molar-refractivity contribution >= 4 is 46.7 Å². The van der Waals surface area contributed by atoms with Gasteiger partial charge in [0.05, 0.1) is 21.3 Å². The zero-order valence-corrected chi connectivity index (χ0v) is 16.0. The molecule has 0 fully saturated rings. The second-order valence-electron chi connectivity index (χ2n) is 6.03. The van der Waals surface area contributed by atoms with Crippen molar-refractivity contribution < 1.29 is 13.3 Å². The van der Waals surface area contributed by atoms with Gasteiger partial charge in [0, 0.05) is 16.9 Å². The molecule has 0 bridgehead atoms. The topological polar surface area (TPSA) is 42.9 Å². The zero-order chi connectivity index (χ0) is 18.5. The first-order chi connectivity index (χ1) is 11.6. The number of nitrogens with zero attached hydrogens (tertiary/aromatic N) is 2. The fourth-order valence-corrected chi connectivity index (χ4v) is 3.93. The molecular weight excluding hydrogens is 388 g/mol. The number of benzene rings is 1. The smallest absolute Gasteiger partial charge is 0.151 e. The van der Waals surface area contributed by atoms with Crippen molar-refractivity contribution in [1.29, 1.82) is 0 Å². The molecule has 0 radical (unpaired) electrons. The van der Waals surface area contributed by atoms with E-state index in [1.54, 1.807) is 6.92 Å². The minimum Gasteiger partial charge on any atom is -0.319 e. The first-order valence-electron chi connectivity index (χ1n) is 7.27. The lowest BCUT2D eigenvalue weighted by Gasteiger charge is -2.11. The molecule has 0 atom stereocenters. The highest BCUT2D eigenvalue weighted by Gasteiger charge is 2.20. The number of hydrogen-bond donors (Lipinski definition) is 0. The van der Waals surface area contributed by atoms with Crippen molar-refractivity contribution in [1.82, 2.24) is 9.97 Å². The average Bonchev–Trinajstić information content (AvgIpc) is 2.51. The second kappa shape index (κ2) is 6.31. The van der Waals surface area contributed by atoms with Gasteiger partial charge in [0.25, 0.3) is 0 Å². The highest BCUT2D eigenvalue weighted by atomic mass is 35.5. The van der Waals surface area contributed by atoms with E-state index in [1.165, 1.54) is 31.5 Å². The number of aryl methyl sites for hydroxylation is 1. The number of aromatic nitrogens is 2. The van der Waals surface area contributed by atoms with Gasteiger partial charge < -0.3 is 4.57 Å². The van der Waals surface area contributed by atoms with Crippen LogP contribution in [0, 0.1) is 18.6 Å². The van der Waals surface area contributed by atoms with Crippen molar-refractivity contribution in [3.05, 3.63) is 51.6 Å². The van der Waals surface area contributed by atoms with Gasteiger partial charge in [-0.25, -0.2) is 18.7 Å². The van der Waals surface area contributed by atoms with Gasteiger partial charge in [-0.15, -0.1) is 0 Å². The normalized spacial score (nSPS) is 12.0. The Hall–Kier alpha value is -1.55. The monoisotopic (exact) mass is 400 g/mol. The van der Waals surface area contributed by atoms with Crippen LogP contribution in [0.15, 0.2) is 24.3 Å². The van der Waals surface area contributed by atoms with Crippen LogP contribution in [0.2, 0.25) is 10.0 Å². The molecule has 0 spiro atoms. The number of fused-ring (bicyclic) bond motifs is 1. The summed E-state index contributed by atoms with van der Waals surface area (Å²) in [5.74, 6) is -1.33. The Morgan fingerprint density at radius 3 is 2.28 bits per heavy atom. The number of pyridine rings is 2. The van der Waals surface area contributed by atoms with Crippen molar-refractivity contribution in [2.24, 2.45) is 0 Å². The lowest BCUT2D eigenvalue weighted by Crippen LogP contribution is -2.08. The van der Waals surface area contributed by atoms with E-state index in [2.05, 4.69) is 9.97 Å². The molecule has 1 aromatic carbocycles. The van der Waals surface area contributed by atoms with Gasteiger partial charge in [-0.05, 0) is 32.4 Å². The Balaban J connectivity index is 2.24. The van der Waals surface area contributed by atoms with Crippen molar-refractivity contribution in [3.8, 4) is 11.3 Å². The molecular formula is C17H13Cl2F2N2OP. The molecule has 0 aliphatic carbocycles. The Bertz CT molecular complexity index is 1070. The van der Waals surface area contributed by atoms with Crippen LogP contribution in [0.25, 0.3) is 22.3 Å². The molecule has 0 unspecified atom stereocenters. The molecule has 0 N–H and O–H groups in total. The van der Waals surface area contributed by atoms with Crippen LogP contribution in [0.4, 0.5) is 8.78 Å². The van der Waals surface area contributed by atoms with Gasteiger partial charge in [0.15, 0.2) is 5.82 Å². The molecule has 2 aromatic heterocycles. The Labute approximate surface area is 153 Å². The lowest BCUT2D eigenvalue weighted by molar-refractivity contribution is 0.584. The van der Waals surface area contributed by atoms with Gasteiger partial charge in [-0.3, -0.25) is 0 Å². The van der Waals surface area contributed by atoms with Gasteiger partial charge in [0.2, 0.25) is 0 Å². The molecule has 3 rings (SSSR count). The van der Waals surface area contributed by atoms with E-state index in [4.69, 9.17) is 23.2 Å². The molecule has 0 saturated carbocycles. The molecule has 3 aromatic rings. The summed E-state index contributed by atoms with van der Waals surface area (Å²) in [5.41, 5.74) is 1.09. The van der Waals surface area contributed by atoms with Crippen LogP contribution in [0.1, 0.15) is 5.69 Å². The predicted molar refractivity (Wildman–Crippen MR) is 98.7 cm³/mol. The van der Waals surface area contributed by atoms with Crippen molar-refractivity contribution in [3.63, 3.8) is 0 Å². The maximum absolute atomic E-state index is 14.5. The minimum atomic E-state index is -2.78. The quantitative estimate of drug-likeness (QED) is 0.538. The molecule has 8 heteroatoms. The van der Waals surface area contributed by atoms with Gasteiger partial charge in [-0.1, -0.05) is 29.3 Å². The molecule has 25 heavy (non-hydrogen) atoms. The largest absolute Gasteiger partial charge is 0.319 e. The van der Waals surface area contributed by atoms with E-state index in [9.17, 15) is 13.3 Å². The molecule has 0 amide bonds. The Morgan fingerprint density at radius 2 is 1.68 bits per heavy atom. The van der Waals surface area contributed by atoms with Gasteiger partial charge >= 0.3 is 0 Å². The molecule has 130 valence electrons. The summed E-state index contributed by atoms with van der Waals surface area (Å²) < 4.78 is 40.8. The number of rotatable bonds is 2. The fourth-order valence-electron chi connectivity index (χ4n) is 2.51. The third-order valence-electron chi connectivity index (χ3n) is 3.76. The molecule has 2 heterocycles. The van der Waals surface area contributed by atoms with E-state index in [1.807, 2.05) is 0 Å². The van der Waals surface area contributed by atoms with E-state index in [-0.39, 0.29) is 37.6 Å². The summed E-state index contributed by atoms with van der Waals surface area (Å²) in [4.78, 5) is 8.36. The van der Waals surface area contributed by atoms with E-state index in [0.717, 1.165) is 6.07 Å². The van der Waals surface area contributed by atoms with Crippen molar-refractivity contribution in [2.45, 2.75) is 6.92 Å². The zero-order valence-electron chi connectivity index (χ0n) is 13.6. The predicted octanol–water partition coefficient (Wildman–Crippen LogP) is 5.44. The maximum Gasteiger partial charge on any atom is 0.151 e. The van der Waals surface area contributed by atoms with Crippen LogP contribution in [0.5, 0.6) is 0 Å². The standard InChI is InChI=1S/C17H13Cl2F2N2OP/c1-8-14(18)15(19)17-12(22-8)7-11(21)16(23-17)9-4-5-13(10(20)6-9)25(2,3)24/h4-7H,1-3H3. The number of halogens is 4. The molecule has 3 nitrogen and oxygen atoms in total. The van der Waals surface area contributed by atoms with Crippen LogP contribution in [-0.4, -0.2) is 23.3 Å². The summed E-state index contributed by atoms with van der Waals surface area (Å²) in [6.45, 7) is 4.59. The van der Waals surface area contributed by atoms with E-state index in [0.29, 0.717) is 5.69 Å². The summed E-state index contributed by atoms with van der Waals surface area (Å²) in [5, 5.41) is 0.503. The fraction of sp³-hybridized carbons (Fsp3) is 0.176. The average molecular weight is 401 g/mol. The molecule has 0 saturated heterocycles. The summed E-state index contributed by atoms with van der Waals surface area (Å²) in [6, 6.07) is 5.16. The molecule has 0 aliphatic rings. The summed E-state index contributed by atoms with van der Waals surface area (Å²) >= 11 is 12.3. The Kier molecular flexibility index (Phi) is 4.61. The van der Waals surface area contributed by atoms with Gasteiger partial charge in [0.1, 0.15) is 24.2 Å². The second-order valence-corrected chi connectivity index (χ2v) is 9.97. The van der Waals surface area contributed by atoms with E-state index >= 15 is 0 Å². The molecule has 0 aliphatic heterocycles. The Morgan fingerprint density at radius 1 is 1.00 bits per heavy atom. The first kappa shape index (κ1) is 18.2. The van der Waals surface area contributed by atoms with Crippen molar-refractivity contribution in [2.75, 3.05) is 13.3 Å². The number of hydrogen-bond acceptors (Lipinski definition) is 3. The maximum atomic E-state index is 14.5. The lowest BCUT2D eigenvalue weighted by atomic mass is 10.1. The summed E-state index contributed by atoms with van der Waals surface area (Å²) in [6.07, 6.45) is 0. The highest BCUT2D eigenvalue weighted by Crippen LogP contribution is 2.37. The van der Waals surface area contributed by atoms with Gasteiger partial charge in [-0.2, -0.15) is 0 Å². The third kappa shape index (κ3) is 3.29. The highest BCUT2D eigenvalue weighted by molar-refractivity contribution is 7.70. The van der Waals surface area contributed by atoms with Crippen LogP contribution < -0.4 is 5.30 Å².